The van der Waals surface area contributed by atoms with Crippen molar-refractivity contribution in [2.24, 2.45) is 0 Å². The van der Waals surface area contributed by atoms with Gasteiger partial charge < -0.3 is 10.1 Å². The molecule has 1 N–H and O–H groups in total. The molecule has 0 aliphatic carbocycles. The standard InChI is InChI=1S/C15H15FN2O3S/c1-2-21-14(20)8-12-9-22-15(17-12)18-13(19)7-10-4-3-5-11(16)6-10/h3-6,9H,2,7-8H2,1H3,(H,17,18,19). The molecule has 116 valence electrons. The van der Waals surface area contributed by atoms with Gasteiger partial charge in [-0.25, -0.2) is 9.37 Å². The number of aromatic nitrogens is 1. The van der Waals surface area contributed by atoms with Gasteiger partial charge in [0.25, 0.3) is 0 Å². The van der Waals surface area contributed by atoms with Gasteiger partial charge in [-0.1, -0.05) is 12.1 Å². The van der Waals surface area contributed by atoms with Crippen molar-refractivity contribution in [1.82, 2.24) is 4.98 Å². The minimum atomic E-state index is -0.378. The highest BCUT2D eigenvalue weighted by Gasteiger charge is 2.11. The molecule has 7 heteroatoms. The first-order valence-corrected chi connectivity index (χ1v) is 7.59. The fourth-order valence-electron chi connectivity index (χ4n) is 1.80. The maximum absolute atomic E-state index is 13.0. The van der Waals surface area contributed by atoms with E-state index in [4.69, 9.17) is 4.74 Å². The first-order chi connectivity index (χ1) is 10.6. The molecule has 1 aromatic heterocycles. The molecule has 1 amide bonds. The van der Waals surface area contributed by atoms with E-state index in [-0.39, 0.29) is 30.5 Å². The molecule has 2 aromatic rings. The highest BCUT2D eigenvalue weighted by atomic mass is 32.1. The zero-order valence-electron chi connectivity index (χ0n) is 12.0. The molecule has 0 bridgehead atoms. The summed E-state index contributed by atoms with van der Waals surface area (Å²) < 4.78 is 17.9. The summed E-state index contributed by atoms with van der Waals surface area (Å²) in [5.74, 6) is -1.02. The predicted molar refractivity (Wildman–Crippen MR) is 81.2 cm³/mol. The Labute approximate surface area is 131 Å². The number of carbonyl (C=O) groups excluding carboxylic acids is 2. The molecule has 0 spiro atoms. The van der Waals surface area contributed by atoms with E-state index in [0.717, 1.165) is 0 Å². The topological polar surface area (TPSA) is 68.3 Å². The number of nitrogens with one attached hydrogen (secondary N) is 1. The Morgan fingerprint density at radius 3 is 2.91 bits per heavy atom. The van der Waals surface area contributed by atoms with Crippen molar-refractivity contribution >= 4 is 28.3 Å². The van der Waals surface area contributed by atoms with Gasteiger partial charge >= 0.3 is 5.97 Å². The molecule has 0 radical (unpaired) electrons. The zero-order chi connectivity index (χ0) is 15.9. The molecule has 1 heterocycles. The highest BCUT2D eigenvalue weighted by molar-refractivity contribution is 7.13. The van der Waals surface area contributed by atoms with E-state index in [2.05, 4.69) is 10.3 Å². The average molecular weight is 322 g/mol. The predicted octanol–water partition coefficient (Wildman–Crippen LogP) is 2.57. The molecule has 0 aliphatic heterocycles. The minimum absolute atomic E-state index is 0.0601. The van der Waals surface area contributed by atoms with Crippen LogP contribution in [0.3, 0.4) is 0 Å². The summed E-state index contributed by atoms with van der Waals surface area (Å²) in [4.78, 5) is 27.3. The summed E-state index contributed by atoms with van der Waals surface area (Å²) in [5, 5.41) is 4.72. The number of hydrogen-bond donors (Lipinski definition) is 1. The third kappa shape index (κ3) is 4.92. The summed E-state index contributed by atoms with van der Waals surface area (Å²) >= 11 is 1.23. The fourth-order valence-corrected chi connectivity index (χ4v) is 2.53. The number of rotatable bonds is 6. The second-order valence-electron chi connectivity index (χ2n) is 4.48. The van der Waals surface area contributed by atoms with Gasteiger partial charge in [0.2, 0.25) is 5.91 Å². The van der Waals surface area contributed by atoms with Crippen molar-refractivity contribution < 1.29 is 18.7 Å². The Balaban J connectivity index is 1.89. The normalized spacial score (nSPS) is 10.3. The largest absolute Gasteiger partial charge is 0.466 e. The fraction of sp³-hybridized carbons (Fsp3) is 0.267. The second kappa shape index (κ2) is 7.65. The van der Waals surface area contributed by atoms with Crippen LogP contribution >= 0.6 is 11.3 Å². The summed E-state index contributed by atoms with van der Waals surface area (Å²) in [6.45, 7) is 2.05. The summed E-state index contributed by atoms with van der Waals surface area (Å²) in [6.07, 6.45) is 0.134. The Morgan fingerprint density at radius 1 is 1.36 bits per heavy atom. The van der Waals surface area contributed by atoms with Gasteiger partial charge in [0.15, 0.2) is 5.13 Å². The Morgan fingerprint density at radius 2 is 2.18 bits per heavy atom. The number of esters is 1. The summed E-state index contributed by atoms with van der Waals surface area (Å²) in [6, 6.07) is 5.87. The number of anilines is 1. The van der Waals surface area contributed by atoms with Gasteiger partial charge in [-0.15, -0.1) is 11.3 Å². The number of benzene rings is 1. The molecule has 22 heavy (non-hydrogen) atoms. The van der Waals surface area contributed by atoms with Crippen LogP contribution < -0.4 is 5.32 Å². The van der Waals surface area contributed by atoms with Crippen molar-refractivity contribution in [3.8, 4) is 0 Å². The van der Waals surface area contributed by atoms with E-state index >= 15 is 0 Å². The molecule has 0 saturated heterocycles. The monoisotopic (exact) mass is 322 g/mol. The van der Waals surface area contributed by atoms with E-state index in [1.54, 1.807) is 24.4 Å². The van der Waals surface area contributed by atoms with E-state index in [9.17, 15) is 14.0 Å². The Bertz CT molecular complexity index is 672. The van der Waals surface area contributed by atoms with E-state index in [1.165, 1.54) is 23.5 Å². The number of amides is 1. The number of carbonyl (C=O) groups is 2. The maximum atomic E-state index is 13.0. The number of thiazole rings is 1. The van der Waals surface area contributed by atoms with Crippen molar-refractivity contribution in [1.29, 1.82) is 0 Å². The Kier molecular flexibility index (Phi) is 5.60. The summed E-state index contributed by atoms with van der Waals surface area (Å²) in [5.41, 5.74) is 1.13. The number of halogens is 1. The van der Waals surface area contributed by atoms with Crippen LogP contribution in [0.1, 0.15) is 18.2 Å². The van der Waals surface area contributed by atoms with Gasteiger partial charge in [0.1, 0.15) is 5.82 Å². The first kappa shape index (κ1) is 16.1. The third-order valence-corrected chi connectivity index (χ3v) is 3.49. The van der Waals surface area contributed by atoms with Crippen LogP contribution in [-0.4, -0.2) is 23.5 Å². The van der Waals surface area contributed by atoms with Crippen molar-refractivity contribution in [3.63, 3.8) is 0 Å². The first-order valence-electron chi connectivity index (χ1n) is 6.71. The third-order valence-electron chi connectivity index (χ3n) is 2.68. The lowest BCUT2D eigenvalue weighted by Gasteiger charge is -2.02. The number of nitrogens with zero attached hydrogens (tertiary/aromatic N) is 1. The van der Waals surface area contributed by atoms with Crippen LogP contribution in [0.4, 0.5) is 9.52 Å². The van der Waals surface area contributed by atoms with Crippen LogP contribution in [0.2, 0.25) is 0 Å². The van der Waals surface area contributed by atoms with Gasteiger partial charge in [-0.3, -0.25) is 9.59 Å². The molecule has 1 aromatic carbocycles. The van der Waals surface area contributed by atoms with Gasteiger partial charge in [-0.05, 0) is 24.6 Å². The SMILES string of the molecule is CCOC(=O)Cc1csc(NC(=O)Cc2cccc(F)c2)n1. The van der Waals surface area contributed by atoms with Gasteiger partial charge in [0.05, 0.1) is 25.1 Å². The quantitative estimate of drug-likeness (QED) is 0.830. The summed E-state index contributed by atoms with van der Waals surface area (Å²) in [7, 11) is 0. The van der Waals surface area contributed by atoms with E-state index in [1.807, 2.05) is 0 Å². The van der Waals surface area contributed by atoms with Gasteiger partial charge in [-0.2, -0.15) is 0 Å². The van der Waals surface area contributed by atoms with Crippen molar-refractivity contribution in [2.45, 2.75) is 19.8 Å². The van der Waals surface area contributed by atoms with Crippen LogP contribution in [0.15, 0.2) is 29.6 Å². The smallest absolute Gasteiger partial charge is 0.311 e. The number of hydrogen-bond acceptors (Lipinski definition) is 5. The zero-order valence-corrected chi connectivity index (χ0v) is 12.8. The molecule has 0 saturated carbocycles. The molecular formula is C15H15FN2O3S. The maximum Gasteiger partial charge on any atom is 0.311 e. The molecule has 0 atom stereocenters. The highest BCUT2D eigenvalue weighted by Crippen LogP contribution is 2.16. The second-order valence-corrected chi connectivity index (χ2v) is 5.34. The average Bonchev–Trinajstić information content (AvgIpc) is 2.85. The van der Waals surface area contributed by atoms with Crippen LogP contribution in [-0.2, 0) is 27.2 Å². The van der Waals surface area contributed by atoms with E-state index < -0.39 is 0 Å². The lowest BCUT2D eigenvalue weighted by Crippen LogP contribution is -2.14. The van der Waals surface area contributed by atoms with Crippen LogP contribution in [0.25, 0.3) is 0 Å². The molecule has 0 unspecified atom stereocenters. The minimum Gasteiger partial charge on any atom is -0.466 e. The molecule has 0 fully saturated rings. The van der Waals surface area contributed by atoms with Crippen LogP contribution in [0, 0.1) is 5.82 Å². The Hall–Kier alpha value is -2.28. The lowest BCUT2D eigenvalue weighted by molar-refractivity contribution is -0.142. The lowest BCUT2D eigenvalue weighted by atomic mass is 10.1. The number of ether oxygens (including phenoxy) is 1. The molecule has 5 nitrogen and oxygen atoms in total. The van der Waals surface area contributed by atoms with Crippen molar-refractivity contribution in [3.05, 3.63) is 46.7 Å². The van der Waals surface area contributed by atoms with Crippen LogP contribution in [0.5, 0.6) is 0 Å². The van der Waals surface area contributed by atoms with Crippen molar-refractivity contribution in [2.75, 3.05) is 11.9 Å². The van der Waals surface area contributed by atoms with E-state index in [0.29, 0.717) is 23.0 Å². The molecular weight excluding hydrogens is 307 g/mol. The van der Waals surface area contributed by atoms with Gasteiger partial charge in [0, 0.05) is 5.38 Å². The molecule has 2 rings (SSSR count). The molecule has 0 aliphatic rings.